The van der Waals surface area contributed by atoms with E-state index in [0.29, 0.717) is 25.9 Å². The summed E-state index contributed by atoms with van der Waals surface area (Å²) in [6.45, 7) is 4.41. The molecule has 0 spiro atoms. The van der Waals surface area contributed by atoms with E-state index < -0.39 is 17.1 Å². The number of hydrogen-bond acceptors (Lipinski definition) is 5. The third-order valence-corrected chi connectivity index (χ3v) is 4.44. The van der Waals surface area contributed by atoms with Gasteiger partial charge in [0, 0.05) is 13.1 Å². The van der Waals surface area contributed by atoms with Gasteiger partial charge >= 0.3 is 0 Å². The molecule has 1 unspecified atom stereocenters. The third-order valence-electron chi connectivity index (χ3n) is 4.44. The summed E-state index contributed by atoms with van der Waals surface area (Å²) in [6, 6.07) is 0. The van der Waals surface area contributed by atoms with E-state index in [9.17, 15) is 9.90 Å². The van der Waals surface area contributed by atoms with Crippen LogP contribution in [-0.4, -0.2) is 58.4 Å². The highest BCUT2D eigenvalue weighted by atomic mass is 16.5. The van der Waals surface area contributed by atoms with Crippen molar-refractivity contribution >= 4 is 11.7 Å². The van der Waals surface area contributed by atoms with Crippen molar-refractivity contribution in [3.8, 4) is 0 Å². The molecule has 2 rings (SSSR count). The Labute approximate surface area is 124 Å². The summed E-state index contributed by atoms with van der Waals surface area (Å²) in [4.78, 5) is 14.7. The van der Waals surface area contributed by atoms with Crippen LogP contribution >= 0.6 is 0 Å². The fraction of sp³-hybridized carbons (Fsp3) is 0.857. The van der Waals surface area contributed by atoms with Crippen molar-refractivity contribution in [1.29, 1.82) is 0 Å². The summed E-state index contributed by atoms with van der Waals surface area (Å²) in [5.41, 5.74) is 4.41. The molecule has 0 aromatic rings. The second kappa shape index (κ2) is 5.81. The van der Waals surface area contributed by atoms with Gasteiger partial charge in [0.15, 0.2) is 5.84 Å². The van der Waals surface area contributed by atoms with Crippen molar-refractivity contribution < 1.29 is 19.8 Å². The van der Waals surface area contributed by atoms with Gasteiger partial charge in [0.1, 0.15) is 5.41 Å². The Bertz CT molecular complexity index is 430. The summed E-state index contributed by atoms with van der Waals surface area (Å²) >= 11 is 0. The number of amides is 1. The van der Waals surface area contributed by atoms with Crippen molar-refractivity contribution in [2.45, 2.75) is 51.2 Å². The molecule has 120 valence electrons. The molecular weight excluding hydrogens is 274 g/mol. The quantitative estimate of drug-likeness (QED) is 0.300. The van der Waals surface area contributed by atoms with E-state index in [1.165, 1.54) is 0 Å². The molecule has 7 nitrogen and oxygen atoms in total. The number of rotatable bonds is 3. The number of nitrogens with two attached hydrogens (primary N) is 1. The minimum absolute atomic E-state index is 0.00477. The summed E-state index contributed by atoms with van der Waals surface area (Å²) in [5.74, 6) is -0.125. The molecule has 1 aliphatic heterocycles. The zero-order valence-corrected chi connectivity index (χ0v) is 12.7. The lowest BCUT2D eigenvalue weighted by Gasteiger charge is -2.45. The summed E-state index contributed by atoms with van der Waals surface area (Å²) < 4.78 is 5.73. The number of amidine groups is 1. The van der Waals surface area contributed by atoms with Crippen LogP contribution in [0.1, 0.15) is 39.5 Å². The Balaban J connectivity index is 2.24. The second-order valence-electron chi connectivity index (χ2n) is 6.64. The molecule has 7 heteroatoms. The maximum Gasteiger partial charge on any atom is 0.236 e. The molecule has 2 fully saturated rings. The zero-order chi connectivity index (χ0) is 15.7. The number of ether oxygens (including phenoxy) is 1. The molecule has 1 saturated carbocycles. The highest BCUT2D eigenvalue weighted by Crippen LogP contribution is 2.41. The van der Waals surface area contributed by atoms with Crippen molar-refractivity contribution in [2.24, 2.45) is 16.3 Å². The van der Waals surface area contributed by atoms with E-state index in [-0.39, 0.29) is 18.3 Å². The predicted molar refractivity (Wildman–Crippen MR) is 76.9 cm³/mol. The molecule has 1 aliphatic carbocycles. The highest BCUT2D eigenvalue weighted by molar-refractivity contribution is 6.07. The maximum absolute atomic E-state index is 13.0. The van der Waals surface area contributed by atoms with Crippen LogP contribution < -0.4 is 5.73 Å². The molecule has 1 amide bonds. The van der Waals surface area contributed by atoms with Crippen LogP contribution in [0, 0.1) is 5.41 Å². The molecule has 0 radical (unpaired) electrons. The Morgan fingerprint density at radius 3 is 2.57 bits per heavy atom. The van der Waals surface area contributed by atoms with Crippen LogP contribution in [0.2, 0.25) is 0 Å². The number of hydrogen-bond donors (Lipinski definition) is 3. The van der Waals surface area contributed by atoms with Crippen LogP contribution in [0.15, 0.2) is 5.16 Å². The number of nitrogens with zero attached hydrogens (tertiary/aromatic N) is 2. The molecule has 1 atom stereocenters. The largest absolute Gasteiger partial charge is 0.409 e. The Kier molecular flexibility index (Phi) is 4.43. The summed E-state index contributed by atoms with van der Waals surface area (Å²) in [5, 5.41) is 21.5. The standard InChI is InChI=1S/C14H25N3O4/c1-13(2)9-17(7-10(8-18)21-13)12(19)14(11(15)16-20)5-3-4-6-14/h10,18,20H,3-9H2,1-2H3,(H2,15,16). The molecule has 0 aromatic carbocycles. The molecule has 0 aromatic heterocycles. The van der Waals surface area contributed by atoms with Gasteiger partial charge in [0.2, 0.25) is 5.91 Å². The first-order chi connectivity index (χ1) is 9.84. The monoisotopic (exact) mass is 299 g/mol. The Hall–Kier alpha value is -1.34. The van der Waals surface area contributed by atoms with Gasteiger partial charge in [-0.05, 0) is 26.7 Å². The van der Waals surface area contributed by atoms with Crippen molar-refractivity contribution in [2.75, 3.05) is 19.7 Å². The van der Waals surface area contributed by atoms with Gasteiger partial charge in [-0.3, -0.25) is 4.79 Å². The Morgan fingerprint density at radius 2 is 2.05 bits per heavy atom. The summed E-state index contributed by atoms with van der Waals surface area (Å²) in [6.07, 6.45) is 2.58. The first-order valence-electron chi connectivity index (χ1n) is 7.41. The molecule has 1 heterocycles. The minimum atomic E-state index is -0.901. The number of aliphatic hydroxyl groups is 1. The van der Waals surface area contributed by atoms with Crippen LogP contribution in [-0.2, 0) is 9.53 Å². The van der Waals surface area contributed by atoms with Gasteiger partial charge in [-0.1, -0.05) is 18.0 Å². The number of aliphatic hydroxyl groups excluding tert-OH is 1. The molecular formula is C14H25N3O4. The van der Waals surface area contributed by atoms with Gasteiger partial charge in [-0.15, -0.1) is 0 Å². The fourth-order valence-corrected chi connectivity index (χ4v) is 3.50. The third kappa shape index (κ3) is 2.98. The van der Waals surface area contributed by atoms with E-state index in [0.717, 1.165) is 12.8 Å². The number of carbonyl (C=O) groups is 1. The van der Waals surface area contributed by atoms with Crippen LogP contribution in [0.3, 0.4) is 0 Å². The van der Waals surface area contributed by atoms with Gasteiger partial charge < -0.3 is 25.7 Å². The predicted octanol–water partition coefficient (Wildman–Crippen LogP) is 0.292. The number of morpholine rings is 1. The smallest absolute Gasteiger partial charge is 0.236 e. The summed E-state index contributed by atoms with van der Waals surface area (Å²) in [7, 11) is 0. The number of oxime groups is 1. The number of carbonyl (C=O) groups excluding carboxylic acids is 1. The van der Waals surface area contributed by atoms with E-state index >= 15 is 0 Å². The van der Waals surface area contributed by atoms with E-state index in [4.69, 9.17) is 15.7 Å². The molecule has 21 heavy (non-hydrogen) atoms. The van der Waals surface area contributed by atoms with Gasteiger partial charge in [0.05, 0.1) is 18.3 Å². The van der Waals surface area contributed by atoms with Crippen molar-refractivity contribution in [3.05, 3.63) is 0 Å². The van der Waals surface area contributed by atoms with Crippen LogP contribution in [0.4, 0.5) is 0 Å². The van der Waals surface area contributed by atoms with Gasteiger partial charge in [-0.25, -0.2) is 0 Å². The lowest BCUT2D eigenvalue weighted by Crippen LogP contribution is -2.60. The van der Waals surface area contributed by atoms with E-state index in [2.05, 4.69) is 5.16 Å². The minimum Gasteiger partial charge on any atom is -0.409 e. The first kappa shape index (κ1) is 16.0. The molecule has 0 bridgehead atoms. The maximum atomic E-state index is 13.0. The SMILES string of the molecule is CC1(C)CN(C(=O)C2(C(N)=NO)CCCC2)CC(CO)O1. The fourth-order valence-electron chi connectivity index (χ4n) is 3.50. The van der Waals surface area contributed by atoms with Crippen molar-refractivity contribution in [3.63, 3.8) is 0 Å². The average Bonchev–Trinajstić information content (AvgIpc) is 2.94. The normalized spacial score (nSPS) is 28.6. The van der Waals surface area contributed by atoms with Crippen LogP contribution in [0.5, 0.6) is 0 Å². The van der Waals surface area contributed by atoms with E-state index in [1.807, 2.05) is 13.8 Å². The average molecular weight is 299 g/mol. The van der Waals surface area contributed by atoms with Crippen LogP contribution in [0.25, 0.3) is 0 Å². The molecule has 4 N–H and O–H groups in total. The second-order valence-corrected chi connectivity index (χ2v) is 6.64. The molecule has 1 saturated heterocycles. The lowest BCUT2D eigenvalue weighted by atomic mass is 9.82. The van der Waals surface area contributed by atoms with Gasteiger partial charge in [-0.2, -0.15) is 0 Å². The lowest BCUT2D eigenvalue weighted by molar-refractivity contribution is -0.171. The van der Waals surface area contributed by atoms with Gasteiger partial charge in [0.25, 0.3) is 0 Å². The Morgan fingerprint density at radius 1 is 1.43 bits per heavy atom. The topological polar surface area (TPSA) is 108 Å². The zero-order valence-electron chi connectivity index (χ0n) is 12.7. The molecule has 2 aliphatic rings. The highest BCUT2D eigenvalue weighted by Gasteiger charge is 2.49. The first-order valence-corrected chi connectivity index (χ1v) is 7.41. The van der Waals surface area contributed by atoms with Crippen molar-refractivity contribution in [1.82, 2.24) is 4.90 Å². The van der Waals surface area contributed by atoms with E-state index in [1.54, 1.807) is 4.90 Å².